The standard InChI is InChI=1S/C12H23N3S/c1-4-6-13-11(5-9-16-3)10-12-14-7-8-15(12)2/h7-8,11,13H,4-6,9-10H2,1-3H3. The van der Waals surface area contributed by atoms with Crippen molar-refractivity contribution in [1.82, 2.24) is 14.9 Å². The van der Waals surface area contributed by atoms with Crippen LogP contribution in [0, 0.1) is 0 Å². The Morgan fingerprint density at radius 3 is 2.94 bits per heavy atom. The summed E-state index contributed by atoms with van der Waals surface area (Å²) in [5.74, 6) is 2.39. The fraction of sp³-hybridized carbons (Fsp3) is 0.750. The van der Waals surface area contributed by atoms with Crippen LogP contribution in [0.2, 0.25) is 0 Å². The van der Waals surface area contributed by atoms with E-state index >= 15 is 0 Å². The van der Waals surface area contributed by atoms with Crippen molar-refractivity contribution in [2.24, 2.45) is 7.05 Å². The van der Waals surface area contributed by atoms with Crippen molar-refractivity contribution in [3.8, 4) is 0 Å². The fourth-order valence-electron chi connectivity index (χ4n) is 1.70. The van der Waals surface area contributed by atoms with Gasteiger partial charge in [0.05, 0.1) is 0 Å². The fourth-order valence-corrected chi connectivity index (χ4v) is 2.22. The largest absolute Gasteiger partial charge is 0.338 e. The molecular weight excluding hydrogens is 218 g/mol. The van der Waals surface area contributed by atoms with Crippen molar-refractivity contribution in [2.75, 3.05) is 18.6 Å². The Morgan fingerprint density at radius 1 is 1.56 bits per heavy atom. The van der Waals surface area contributed by atoms with E-state index in [0.29, 0.717) is 6.04 Å². The highest BCUT2D eigenvalue weighted by Gasteiger charge is 2.10. The predicted molar refractivity (Wildman–Crippen MR) is 72.0 cm³/mol. The number of thioether (sulfide) groups is 1. The minimum absolute atomic E-state index is 0.563. The first-order chi connectivity index (χ1) is 7.77. The van der Waals surface area contributed by atoms with E-state index in [4.69, 9.17) is 0 Å². The molecule has 1 rings (SSSR count). The monoisotopic (exact) mass is 241 g/mol. The highest BCUT2D eigenvalue weighted by atomic mass is 32.2. The summed E-state index contributed by atoms with van der Waals surface area (Å²) in [7, 11) is 2.06. The van der Waals surface area contributed by atoms with Crippen molar-refractivity contribution in [2.45, 2.75) is 32.2 Å². The van der Waals surface area contributed by atoms with Crippen molar-refractivity contribution in [3.05, 3.63) is 18.2 Å². The molecule has 0 aliphatic carbocycles. The summed E-state index contributed by atoms with van der Waals surface area (Å²) < 4.78 is 2.11. The summed E-state index contributed by atoms with van der Waals surface area (Å²) in [6.07, 6.45) is 9.49. The molecule has 0 aliphatic rings. The molecule has 92 valence electrons. The number of rotatable bonds is 8. The minimum Gasteiger partial charge on any atom is -0.338 e. The van der Waals surface area contributed by atoms with Gasteiger partial charge in [-0.1, -0.05) is 6.92 Å². The zero-order valence-electron chi connectivity index (χ0n) is 10.6. The summed E-state index contributed by atoms with van der Waals surface area (Å²) in [5.41, 5.74) is 0. The molecule has 1 heterocycles. The second-order valence-corrected chi connectivity index (χ2v) is 5.08. The molecule has 0 bridgehead atoms. The second kappa shape index (κ2) is 7.74. The molecule has 0 saturated heterocycles. The maximum absolute atomic E-state index is 4.39. The number of hydrogen-bond acceptors (Lipinski definition) is 3. The van der Waals surface area contributed by atoms with Crippen molar-refractivity contribution < 1.29 is 0 Å². The Hall–Kier alpha value is -0.480. The Kier molecular flexibility index (Phi) is 6.57. The molecule has 0 fully saturated rings. The molecule has 1 aromatic rings. The molecule has 1 N–H and O–H groups in total. The number of nitrogens with one attached hydrogen (secondary N) is 1. The third kappa shape index (κ3) is 4.58. The van der Waals surface area contributed by atoms with E-state index in [2.05, 4.69) is 35.1 Å². The lowest BCUT2D eigenvalue weighted by molar-refractivity contribution is 0.483. The first kappa shape index (κ1) is 13.6. The summed E-state index contributed by atoms with van der Waals surface area (Å²) >= 11 is 1.91. The molecule has 0 radical (unpaired) electrons. The zero-order valence-corrected chi connectivity index (χ0v) is 11.4. The Balaban J connectivity index is 2.45. The smallest absolute Gasteiger partial charge is 0.109 e. The van der Waals surface area contributed by atoms with Gasteiger partial charge >= 0.3 is 0 Å². The molecule has 1 aromatic heterocycles. The highest BCUT2D eigenvalue weighted by Crippen LogP contribution is 2.07. The van der Waals surface area contributed by atoms with Gasteiger partial charge in [-0.25, -0.2) is 4.98 Å². The van der Waals surface area contributed by atoms with Crippen LogP contribution in [0.25, 0.3) is 0 Å². The average Bonchev–Trinajstić information content (AvgIpc) is 2.68. The van der Waals surface area contributed by atoms with E-state index in [1.165, 1.54) is 24.4 Å². The molecule has 0 aliphatic heterocycles. The molecule has 4 heteroatoms. The van der Waals surface area contributed by atoms with Crippen molar-refractivity contribution >= 4 is 11.8 Å². The first-order valence-electron chi connectivity index (χ1n) is 5.96. The quantitative estimate of drug-likeness (QED) is 0.756. The van der Waals surface area contributed by atoms with Gasteiger partial charge in [0.25, 0.3) is 0 Å². The summed E-state index contributed by atoms with van der Waals surface area (Å²) in [6.45, 7) is 3.31. The maximum atomic E-state index is 4.39. The number of hydrogen-bond donors (Lipinski definition) is 1. The maximum Gasteiger partial charge on any atom is 0.109 e. The van der Waals surface area contributed by atoms with Gasteiger partial charge in [-0.3, -0.25) is 0 Å². The van der Waals surface area contributed by atoms with Crippen molar-refractivity contribution in [3.63, 3.8) is 0 Å². The molecule has 0 saturated carbocycles. The van der Waals surface area contributed by atoms with Gasteiger partial charge in [0.1, 0.15) is 5.82 Å². The number of aromatic nitrogens is 2. The highest BCUT2D eigenvalue weighted by molar-refractivity contribution is 7.98. The van der Waals surface area contributed by atoms with Gasteiger partial charge in [0, 0.05) is 31.9 Å². The first-order valence-corrected chi connectivity index (χ1v) is 7.35. The predicted octanol–water partition coefficient (Wildman–Crippen LogP) is 2.08. The lowest BCUT2D eigenvalue weighted by Gasteiger charge is -2.17. The Bertz CT molecular complexity index is 278. The summed E-state index contributed by atoms with van der Waals surface area (Å²) in [4.78, 5) is 4.39. The molecule has 16 heavy (non-hydrogen) atoms. The van der Waals surface area contributed by atoms with Crippen LogP contribution in [-0.2, 0) is 13.5 Å². The van der Waals surface area contributed by atoms with E-state index in [0.717, 1.165) is 13.0 Å². The van der Waals surface area contributed by atoms with Crippen LogP contribution in [0.1, 0.15) is 25.6 Å². The van der Waals surface area contributed by atoms with Gasteiger partial charge in [-0.05, 0) is 31.4 Å². The molecule has 0 spiro atoms. The van der Waals surface area contributed by atoms with E-state index in [1.54, 1.807) is 0 Å². The van der Waals surface area contributed by atoms with E-state index in [1.807, 2.05) is 24.2 Å². The summed E-state index contributed by atoms with van der Waals surface area (Å²) in [5, 5.41) is 3.60. The lowest BCUT2D eigenvalue weighted by Crippen LogP contribution is -2.33. The number of nitrogens with zero attached hydrogens (tertiary/aromatic N) is 2. The van der Waals surface area contributed by atoms with Crippen molar-refractivity contribution in [1.29, 1.82) is 0 Å². The van der Waals surface area contributed by atoms with Gasteiger partial charge in [-0.15, -0.1) is 0 Å². The molecule has 3 nitrogen and oxygen atoms in total. The number of imidazole rings is 1. The van der Waals surface area contributed by atoms with E-state index < -0.39 is 0 Å². The van der Waals surface area contributed by atoms with E-state index in [-0.39, 0.29) is 0 Å². The molecule has 0 amide bonds. The van der Waals surface area contributed by atoms with Crippen LogP contribution in [0.4, 0.5) is 0 Å². The Labute approximate surface area is 103 Å². The molecule has 0 aromatic carbocycles. The molecule has 1 unspecified atom stereocenters. The van der Waals surface area contributed by atoms with Crippen LogP contribution in [0.3, 0.4) is 0 Å². The van der Waals surface area contributed by atoms with Gasteiger partial charge < -0.3 is 9.88 Å². The van der Waals surface area contributed by atoms with Crippen LogP contribution in [-0.4, -0.2) is 34.1 Å². The average molecular weight is 241 g/mol. The van der Waals surface area contributed by atoms with Crippen LogP contribution >= 0.6 is 11.8 Å². The van der Waals surface area contributed by atoms with Crippen LogP contribution < -0.4 is 5.32 Å². The third-order valence-corrected chi connectivity index (χ3v) is 3.35. The van der Waals surface area contributed by atoms with Crippen LogP contribution in [0.15, 0.2) is 12.4 Å². The molecular formula is C12H23N3S. The topological polar surface area (TPSA) is 29.9 Å². The Morgan fingerprint density at radius 2 is 2.38 bits per heavy atom. The minimum atomic E-state index is 0.563. The van der Waals surface area contributed by atoms with Crippen LogP contribution in [0.5, 0.6) is 0 Å². The normalized spacial score (nSPS) is 12.9. The zero-order chi connectivity index (χ0) is 11.8. The summed E-state index contributed by atoms with van der Waals surface area (Å²) in [6, 6.07) is 0.563. The third-order valence-electron chi connectivity index (χ3n) is 2.70. The SMILES string of the molecule is CCCNC(CCSC)Cc1nccn1C. The molecule has 1 atom stereocenters. The van der Waals surface area contributed by atoms with Gasteiger partial charge in [0.2, 0.25) is 0 Å². The number of aryl methyl sites for hydroxylation is 1. The second-order valence-electron chi connectivity index (χ2n) is 4.09. The van der Waals surface area contributed by atoms with Gasteiger partial charge in [0.15, 0.2) is 0 Å². The van der Waals surface area contributed by atoms with E-state index in [9.17, 15) is 0 Å². The van der Waals surface area contributed by atoms with Gasteiger partial charge in [-0.2, -0.15) is 11.8 Å². The lowest BCUT2D eigenvalue weighted by atomic mass is 10.1.